The first-order chi connectivity index (χ1) is 10.8. The molecule has 2 atom stereocenters. The molecule has 8 heteroatoms. The average Bonchev–Trinajstić information content (AvgIpc) is 2.96. The summed E-state index contributed by atoms with van der Waals surface area (Å²) in [6.07, 6.45) is 0.871. The Bertz CT molecular complexity index is 664. The summed E-state index contributed by atoms with van der Waals surface area (Å²) in [5, 5.41) is 2.35. The summed E-state index contributed by atoms with van der Waals surface area (Å²) in [6.45, 7) is 3.73. The fraction of sp³-hybridized carbons (Fsp3) is 0.562. The van der Waals surface area contributed by atoms with E-state index in [9.17, 15) is 13.2 Å². The first kappa shape index (κ1) is 20.9. The fourth-order valence-electron chi connectivity index (χ4n) is 2.43. The van der Waals surface area contributed by atoms with E-state index in [-0.39, 0.29) is 30.2 Å². The zero-order chi connectivity index (χ0) is 17.0. The third-order valence-electron chi connectivity index (χ3n) is 3.94. The van der Waals surface area contributed by atoms with E-state index in [4.69, 9.17) is 10.5 Å². The highest BCUT2D eigenvalue weighted by Gasteiger charge is 2.29. The summed E-state index contributed by atoms with van der Waals surface area (Å²) < 4.78 is 29.5. The normalized spacial score (nSPS) is 20.7. The minimum atomic E-state index is -3.17. The van der Waals surface area contributed by atoms with Crippen LogP contribution in [0, 0.1) is 0 Å². The number of rotatable bonds is 6. The van der Waals surface area contributed by atoms with Crippen molar-refractivity contribution in [2.24, 2.45) is 5.73 Å². The Morgan fingerprint density at radius 2 is 2.08 bits per heavy atom. The summed E-state index contributed by atoms with van der Waals surface area (Å²) >= 11 is 0. The van der Waals surface area contributed by atoms with Gasteiger partial charge in [0, 0.05) is 12.2 Å². The quantitative estimate of drug-likeness (QED) is 0.789. The Morgan fingerprint density at radius 1 is 1.38 bits per heavy atom. The van der Waals surface area contributed by atoms with E-state index in [0.717, 1.165) is 6.42 Å². The molecule has 1 aromatic rings. The predicted octanol–water partition coefficient (Wildman–Crippen LogP) is 1.88. The maximum atomic E-state index is 12.2. The van der Waals surface area contributed by atoms with Gasteiger partial charge in [-0.2, -0.15) is 0 Å². The van der Waals surface area contributed by atoms with Gasteiger partial charge in [-0.05, 0) is 44.4 Å². The van der Waals surface area contributed by atoms with Crippen molar-refractivity contribution < 1.29 is 17.9 Å². The van der Waals surface area contributed by atoms with Crippen LogP contribution in [0.4, 0.5) is 5.69 Å². The molecule has 0 aliphatic carbocycles. The molecule has 1 heterocycles. The standard InChI is InChI=1S/C16H24N2O4S.ClH/c1-11(2)23(20,21)10-12-4-3-5-13(8-12)18-16(19)15-7-6-14(9-17)22-15;/h3-5,8,11,14-15H,6-7,9-10,17H2,1-2H3,(H,18,19);1H/t14-,15+;/m1./s1. The number of sulfone groups is 1. The van der Waals surface area contributed by atoms with Crippen molar-refractivity contribution >= 4 is 33.8 Å². The molecule has 0 unspecified atom stereocenters. The Labute approximate surface area is 149 Å². The highest BCUT2D eigenvalue weighted by molar-refractivity contribution is 7.91. The number of ether oxygens (including phenoxy) is 1. The van der Waals surface area contributed by atoms with Gasteiger partial charge >= 0.3 is 0 Å². The number of carbonyl (C=O) groups excluding carboxylic acids is 1. The molecule has 6 nitrogen and oxygen atoms in total. The third-order valence-corrected chi connectivity index (χ3v) is 6.12. The van der Waals surface area contributed by atoms with Gasteiger partial charge in [0.2, 0.25) is 0 Å². The number of amides is 1. The SMILES string of the molecule is CC(C)S(=O)(=O)Cc1cccc(NC(=O)[C@@H]2CC[C@H](CN)O2)c1.Cl. The maximum absolute atomic E-state index is 12.2. The monoisotopic (exact) mass is 376 g/mol. The molecule has 0 saturated carbocycles. The highest BCUT2D eigenvalue weighted by Crippen LogP contribution is 2.21. The zero-order valence-electron chi connectivity index (χ0n) is 13.9. The van der Waals surface area contributed by atoms with Crippen molar-refractivity contribution in [1.82, 2.24) is 0 Å². The highest BCUT2D eigenvalue weighted by atomic mass is 35.5. The van der Waals surface area contributed by atoms with Crippen molar-refractivity contribution in [1.29, 1.82) is 0 Å². The zero-order valence-corrected chi connectivity index (χ0v) is 15.5. The first-order valence-corrected chi connectivity index (χ1v) is 9.50. The van der Waals surface area contributed by atoms with E-state index in [2.05, 4.69) is 5.32 Å². The molecule has 0 bridgehead atoms. The van der Waals surface area contributed by atoms with Gasteiger partial charge in [-0.25, -0.2) is 8.42 Å². The summed E-state index contributed by atoms with van der Waals surface area (Å²) in [5.74, 6) is -0.256. The summed E-state index contributed by atoms with van der Waals surface area (Å²) in [4.78, 5) is 12.2. The molecule has 0 radical (unpaired) electrons. The van der Waals surface area contributed by atoms with E-state index in [1.165, 1.54) is 0 Å². The number of carbonyl (C=O) groups is 1. The molecule has 1 aliphatic rings. The van der Waals surface area contributed by atoms with Crippen molar-refractivity contribution in [3.8, 4) is 0 Å². The Balaban J connectivity index is 0.00000288. The van der Waals surface area contributed by atoms with E-state index in [0.29, 0.717) is 24.2 Å². The number of nitrogens with one attached hydrogen (secondary N) is 1. The molecule has 136 valence electrons. The molecule has 2 rings (SSSR count). The maximum Gasteiger partial charge on any atom is 0.253 e. The number of hydrogen-bond donors (Lipinski definition) is 2. The number of halogens is 1. The van der Waals surface area contributed by atoms with Crippen molar-refractivity contribution in [3.05, 3.63) is 29.8 Å². The van der Waals surface area contributed by atoms with Gasteiger partial charge in [-0.3, -0.25) is 4.79 Å². The largest absolute Gasteiger partial charge is 0.364 e. The summed E-state index contributed by atoms with van der Waals surface area (Å²) in [7, 11) is -3.17. The van der Waals surface area contributed by atoms with Crippen LogP contribution in [0.15, 0.2) is 24.3 Å². The Morgan fingerprint density at radius 3 is 2.67 bits per heavy atom. The van der Waals surface area contributed by atoms with Gasteiger partial charge in [-0.1, -0.05) is 12.1 Å². The van der Waals surface area contributed by atoms with Gasteiger partial charge in [0.25, 0.3) is 5.91 Å². The molecule has 1 saturated heterocycles. The molecular weight excluding hydrogens is 352 g/mol. The number of anilines is 1. The Hall–Kier alpha value is -1.15. The topological polar surface area (TPSA) is 98.5 Å². The van der Waals surface area contributed by atoms with Crippen LogP contribution in [0.25, 0.3) is 0 Å². The first-order valence-electron chi connectivity index (χ1n) is 7.78. The molecule has 0 aromatic heterocycles. The minimum absolute atomic E-state index is 0. The lowest BCUT2D eigenvalue weighted by Gasteiger charge is -2.13. The van der Waals surface area contributed by atoms with Crippen LogP contribution >= 0.6 is 12.4 Å². The van der Waals surface area contributed by atoms with Gasteiger partial charge < -0.3 is 15.8 Å². The van der Waals surface area contributed by atoms with Crippen molar-refractivity contribution in [3.63, 3.8) is 0 Å². The number of benzene rings is 1. The predicted molar refractivity (Wildman–Crippen MR) is 97.0 cm³/mol. The lowest BCUT2D eigenvalue weighted by molar-refractivity contribution is -0.126. The second-order valence-corrected chi connectivity index (χ2v) is 8.66. The van der Waals surface area contributed by atoms with Crippen LogP contribution in [0.2, 0.25) is 0 Å². The summed E-state index contributed by atoms with van der Waals surface area (Å²) in [6, 6.07) is 6.90. The fourth-order valence-corrected chi connectivity index (χ4v) is 3.41. The van der Waals surface area contributed by atoms with E-state index in [1.807, 2.05) is 0 Å². The molecule has 1 aliphatic heterocycles. The second-order valence-electron chi connectivity index (χ2n) is 6.11. The van der Waals surface area contributed by atoms with Crippen molar-refractivity contribution in [2.45, 2.75) is 49.9 Å². The third kappa shape index (κ3) is 5.44. The second kappa shape index (κ2) is 8.80. The molecule has 24 heavy (non-hydrogen) atoms. The molecule has 0 spiro atoms. The molecule has 1 aromatic carbocycles. The van der Waals surface area contributed by atoms with E-state index < -0.39 is 21.2 Å². The van der Waals surface area contributed by atoms with Gasteiger partial charge in [0.1, 0.15) is 6.10 Å². The molecule has 1 amide bonds. The van der Waals surface area contributed by atoms with Gasteiger partial charge in [0.15, 0.2) is 9.84 Å². The van der Waals surface area contributed by atoms with Crippen LogP contribution in [-0.4, -0.2) is 38.3 Å². The van der Waals surface area contributed by atoms with E-state index >= 15 is 0 Å². The van der Waals surface area contributed by atoms with Crippen LogP contribution in [0.5, 0.6) is 0 Å². The van der Waals surface area contributed by atoms with E-state index in [1.54, 1.807) is 38.1 Å². The smallest absolute Gasteiger partial charge is 0.253 e. The van der Waals surface area contributed by atoms with Crippen molar-refractivity contribution in [2.75, 3.05) is 11.9 Å². The van der Waals surface area contributed by atoms with Crippen LogP contribution in [-0.2, 0) is 25.1 Å². The number of nitrogens with two attached hydrogens (primary N) is 1. The lowest BCUT2D eigenvalue weighted by Crippen LogP contribution is -2.29. The van der Waals surface area contributed by atoms with Crippen LogP contribution < -0.4 is 11.1 Å². The molecule has 3 N–H and O–H groups in total. The Kier molecular flexibility index (Phi) is 7.66. The molecule has 1 fully saturated rings. The van der Waals surface area contributed by atoms with Crippen LogP contribution in [0.3, 0.4) is 0 Å². The average molecular weight is 377 g/mol. The summed E-state index contributed by atoms with van der Waals surface area (Å²) in [5.41, 5.74) is 6.77. The van der Waals surface area contributed by atoms with Crippen LogP contribution in [0.1, 0.15) is 32.3 Å². The number of hydrogen-bond acceptors (Lipinski definition) is 5. The van der Waals surface area contributed by atoms with Gasteiger partial charge in [-0.15, -0.1) is 12.4 Å². The minimum Gasteiger partial charge on any atom is -0.364 e. The lowest BCUT2D eigenvalue weighted by atomic mass is 10.1. The molecular formula is C16H25ClN2O4S. The van der Waals surface area contributed by atoms with Gasteiger partial charge in [0.05, 0.1) is 17.1 Å².